The number of amides is 1. The summed E-state index contributed by atoms with van der Waals surface area (Å²) in [5.74, 6) is 0.354. The fourth-order valence-corrected chi connectivity index (χ4v) is 3.56. The molecule has 7 heteroatoms. The number of ether oxygens (including phenoxy) is 3. The Labute approximate surface area is 177 Å². The van der Waals surface area contributed by atoms with Gasteiger partial charge in [-0.05, 0) is 42.0 Å². The molecule has 0 fully saturated rings. The van der Waals surface area contributed by atoms with Crippen LogP contribution in [0.25, 0.3) is 21.9 Å². The summed E-state index contributed by atoms with van der Waals surface area (Å²) < 4.78 is 21.9. The molecule has 0 radical (unpaired) electrons. The Kier molecular flexibility index (Phi) is 4.92. The lowest BCUT2D eigenvalue weighted by Crippen LogP contribution is -2.21. The first-order valence-electron chi connectivity index (χ1n) is 9.91. The molecule has 0 saturated carbocycles. The second-order valence-corrected chi connectivity index (χ2v) is 7.17. The predicted molar refractivity (Wildman–Crippen MR) is 114 cm³/mol. The highest BCUT2D eigenvalue weighted by molar-refractivity contribution is 6.07. The number of rotatable bonds is 5. The van der Waals surface area contributed by atoms with Gasteiger partial charge in [0, 0.05) is 16.5 Å². The highest BCUT2D eigenvalue weighted by atomic mass is 16.6. The van der Waals surface area contributed by atoms with Crippen molar-refractivity contribution in [3.05, 3.63) is 66.2 Å². The van der Waals surface area contributed by atoms with E-state index in [9.17, 15) is 9.59 Å². The number of hydrogen-bond acceptors (Lipinski definition) is 6. The van der Waals surface area contributed by atoms with Crippen molar-refractivity contribution in [2.45, 2.75) is 6.42 Å². The molecule has 1 aromatic heterocycles. The third-order valence-electron chi connectivity index (χ3n) is 4.98. The van der Waals surface area contributed by atoms with Crippen molar-refractivity contribution in [1.82, 2.24) is 0 Å². The Hall–Kier alpha value is -4.00. The second kappa shape index (κ2) is 8.02. The average molecular weight is 417 g/mol. The highest BCUT2D eigenvalue weighted by Crippen LogP contribution is 2.31. The number of hydrogen-bond donors (Lipinski definition) is 1. The molecule has 0 spiro atoms. The molecule has 0 atom stereocenters. The number of furan rings is 1. The lowest BCUT2D eigenvalue weighted by Gasteiger charge is -2.18. The lowest BCUT2D eigenvalue weighted by molar-refractivity contribution is -0.146. The van der Waals surface area contributed by atoms with E-state index < -0.39 is 11.9 Å². The molecule has 0 aliphatic carbocycles. The van der Waals surface area contributed by atoms with Crippen LogP contribution in [0, 0.1) is 0 Å². The van der Waals surface area contributed by atoms with E-state index in [4.69, 9.17) is 18.6 Å². The van der Waals surface area contributed by atoms with Crippen molar-refractivity contribution < 1.29 is 28.2 Å². The van der Waals surface area contributed by atoms with Gasteiger partial charge in [0.2, 0.25) is 0 Å². The van der Waals surface area contributed by atoms with E-state index >= 15 is 0 Å². The van der Waals surface area contributed by atoms with Crippen LogP contribution in [0.4, 0.5) is 5.69 Å². The Balaban J connectivity index is 1.19. The first-order chi connectivity index (χ1) is 15.2. The number of fused-ring (bicyclic) bond motifs is 4. The molecule has 31 heavy (non-hydrogen) atoms. The van der Waals surface area contributed by atoms with E-state index in [0.29, 0.717) is 30.4 Å². The summed E-state index contributed by atoms with van der Waals surface area (Å²) >= 11 is 0. The van der Waals surface area contributed by atoms with Crippen molar-refractivity contribution in [2.24, 2.45) is 0 Å². The molecule has 1 aliphatic heterocycles. The third kappa shape index (κ3) is 4.02. The molecule has 1 amide bonds. The summed E-state index contributed by atoms with van der Waals surface area (Å²) in [6.45, 7) is 0.613. The van der Waals surface area contributed by atoms with E-state index in [1.165, 1.54) is 0 Å². The van der Waals surface area contributed by atoms with Gasteiger partial charge in [-0.1, -0.05) is 24.3 Å². The topological polar surface area (TPSA) is 87.0 Å². The molecule has 3 aromatic carbocycles. The van der Waals surface area contributed by atoms with Crippen LogP contribution >= 0.6 is 0 Å². The maximum Gasteiger partial charge on any atom is 0.310 e. The van der Waals surface area contributed by atoms with Gasteiger partial charge in [0.1, 0.15) is 24.4 Å². The molecule has 0 bridgehead atoms. The van der Waals surface area contributed by atoms with Gasteiger partial charge in [-0.15, -0.1) is 0 Å². The Bertz CT molecular complexity index is 1290. The van der Waals surface area contributed by atoms with Crippen LogP contribution in [0.1, 0.15) is 5.56 Å². The summed E-state index contributed by atoms with van der Waals surface area (Å²) in [5, 5.41) is 4.63. The van der Waals surface area contributed by atoms with Gasteiger partial charge in [-0.25, -0.2) is 0 Å². The summed E-state index contributed by atoms with van der Waals surface area (Å²) in [6, 6.07) is 18.4. The molecular formula is C24H19NO6. The summed E-state index contributed by atoms with van der Waals surface area (Å²) in [5.41, 5.74) is 2.86. The maximum atomic E-state index is 12.3. The van der Waals surface area contributed by atoms with E-state index in [1.807, 2.05) is 30.3 Å². The number of benzene rings is 3. The highest BCUT2D eigenvalue weighted by Gasteiger charge is 2.15. The zero-order valence-electron chi connectivity index (χ0n) is 16.6. The summed E-state index contributed by atoms with van der Waals surface area (Å²) in [6.07, 6.45) is 0.0386. The van der Waals surface area contributed by atoms with Crippen LogP contribution in [0.15, 0.2) is 65.1 Å². The minimum absolute atomic E-state index is 0.0386. The van der Waals surface area contributed by atoms with Crippen molar-refractivity contribution in [3.63, 3.8) is 0 Å². The van der Waals surface area contributed by atoms with Crippen molar-refractivity contribution in [2.75, 3.05) is 25.1 Å². The molecule has 7 nitrogen and oxygen atoms in total. The van der Waals surface area contributed by atoms with Crippen molar-refractivity contribution in [1.29, 1.82) is 0 Å². The van der Waals surface area contributed by atoms with Gasteiger partial charge in [0.05, 0.1) is 6.42 Å². The minimum atomic E-state index is -0.497. The van der Waals surface area contributed by atoms with Crippen LogP contribution in [0.5, 0.6) is 11.5 Å². The molecule has 0 saturated heterocycles. The SMILES string of the molecule is O=C(COC(=O)Cc1ccc2c(c1)OCCO2)Nc1ccc2oc3ccccc3c2c1. The predicted octanol–water partition coefficient (Wildman–Crippen LogP) is 4.08. The molecular weight excluding hydrogens is 398 g/mol. The molecule has 0 unspecified atom stereocenters. The first kappa shape index (κ1) is 19.0. The minimum Gasteiger partial charge on any atom is -0.486 e. The quantitative estimate of drug-likeness (QED) is 0.493. The van der Waals surface area contributed by atoms with E-state index in [1.54, 1.807) is 30.3 Å². The molecule has 5 rings (SSSR count). The lowest BCUT2D eigenvalue weighted by atomic mass is 10.1. The zero-order chi connectivity index (χ0) is 21.2. The fourth-order valence-electron chi connectivity index (χ4n) is 3.56. The van der Waals surface area contributed by atoms with Gasteiger partial charge in [-0.2, -0.15) is 0 Å². The van der Waals surface area contributed by atoms with Gasteiger partial charge in [0.15, 0.2) is 18.1 Å². The van der Waals surface area contributed by atoms with Crippen molar-refractivity contribution in [3.8, 4) is 11.5 Å². The molecule has 2 heterocycles. The van der Waals surface area contributed by atoms with Crippen LogP contribution in [0.3, 0.4) is 0 Å². The van der Waals surface area contributed by atoms with E-state index in [-0.39, 0.29) is 13.0 Å². The van der Waals surface area contributed by atoms with Gasteiger partial charge >= 0.3 is 5.97 Å². The number of esters is 1. The Morgan fingerprint density at radius 2 is 1.68 bits per heavy atom. The zero-order valence-corrected chi connectivity index (χ0v) is 16.6. The summed E-state index contributed by atoms with van der Waals surface area (Å²) in [4.78, 5) is 24.4. The van der Waals surface area contributed by atoms with Gasteiger partial charge in [-0.3, -0.25) is 9.59 Å². The van der Waals surface area contributed by atoms with Crippen LogP contribution in [0.2, 0.25) is 0 Å². The third-order valence-corrected chi connectivity index (χ3v) is 4.98. The number of carbonyl (C=O) groups excluding carboxylic acids is 2. The Morgan fingerprint density at radius 1 is 0.871 bits per heavy atom. The number of anilines is 1. The van der Waals surface area contributed by atoms with Crippen LogP contribution < -0.4 is 14.8 Å². The van der Waals surface area contributed by atoms with Crippen LogP contribution in [-0.2, 0) is 20.7 Å². The van der Waals surface area contributed by atoms with Gasteiger partial charge in [0.25, 0.3) is 5.91 Å². The summed E-state index contributed by atoms with van der Waals surface area (Å²) in [7, 11) is 0. The first-order valence-corrected chi connectivity index (χ1v) is 9.91. The fraction of sp³-hybridized carbons (Fsp3) is 0.167. The molecule has 156 valence electrons. The maximum absolute atomic E-state index is 12.3. The normalized spacial score (nSPS) is 12.6. The van der Waals surface area contributed by atoms with Gasteiger partial charge < -0.3 is 23.9 Å². The van der Waals surface area contributed by atoms with Crippen LogP contribution in [-0.4, -0.2) is 31.7 Å². The second-order valence-electron chi connectivity index (χ2n) is 7.17. The monoisotopic (exact) mass is 417 g/mol. The largest absolute Gasteiger partial charge is 0.486 e. The number of para-hydroxylation sites is 1. The molecule has 4 aromatic rings. The van der Waals surface area contributed by atoms with E-state index in [0.717, 1.165) is 27.5 Å². The number of carbonyl (C=O) groups is 2. The van der Waals surface area contributed by atoms with Crippen molar-refractivity contribution >= 4 is 39.5 Å². The number of nitrogens with one attached hydrogen (secondary N) is 1. The molecule has 1 aliphatic rings. The van der Waals surface area contributed by atoms with E-state index in [2.05, 4.69) is 5.32 Å². The smallest absolute Gasteiger partial charge is 0.310 e. The Morgan fingerprint density at radius 3 is 2.58 bits per heavy atom. The molecule has 1 N–H and O–H groups in total. The standard InChI is InChI=1S/C24H19NO6/c26-23(14-30-24(27)12-15-5-7-21-22(11-15)29-10-9-28-21)25-16-6-8-20-18(13-16)17-3-1-2-4-19(17)31-20/h1-8,11,13H,9-10,12,14H2,(H,25,26). The average Bonchev–Trinajstić information content (AvgIpc) is 3.16.